The van der Waals surface area contributed by atoms with E-state index in [-0.39, 0.29) is 12.5 Å². The highest BCUT2D eigenvalue weighted by atomic mass is 32.1. The number of aliphatic hydroxyl groups excluding tert-OH is 1. The molecule has 2 aromatic rings. The number of aliphatic hydroxyl groups is 1. The van der Waals surface area contributed by atoms with E-state index in [1.54, 1.807) is 6.07 Å². The molecule has 0 bridgehead atoms. The molecule has 0 unspecified atom stereocenters. The largest absolute Gasteiger partial charge is 0.488 e. The molecular weight excluding hydrogens is 276 g/mol. The number of rotatable bonds is 6. The SMILES string of the molecule is NNC(=O)c1ccc(COc2ccc(CCO)cc2)s1. The van der Waals surface area contributed by atoms with Crippen molar-refractivity contribution in [3.63, 3.8) is 0 Å². The Morgan fingerprint density at radius 1 is 1.25 bits per heavy atom. The van der Waals surface area contributed by atoms with Crippen molar-refractivity contribution < 1.29 is 14.6 Å². The molecule has 2 rings (SSSR count). The van der Waals surface area contributed by atoms with Crippen LogP contribution in [0.4, 0.5) is 0 Å². The van der Waals surface area contributed by atoms with E-state index >= 15 is 0 Å². The van der Waals surface area contributed by atoms with Gasteiger partial charge in [0, 0.05) is 11.5 Å². The number of amides is 1. The highest BCUT2D eigenvalue weighted by Gasteiger charge is 2.07. The number of hydrogen-bond acceptors (Lipinski definition) is 5. The van der Waals surface area contributed by atoms with Crippen molar-refractivity contribution >= 4 is 17.2 Å². The second kappa shape index (κ2) is 7.04. The Morgan fingerprint density at radius 3 is 2.65 bits per heavy atom. The zero-order valence-electron chi connectivity index (χ0n) is 10.8. The quantitative estimate of drug-likeness (QED) is 0.427. The van der Waals surface area contributed by atoms with Gasteiger partial charge in [-0.1, -0.05) is 12.1 Å². The van der Waals surface area contributed by atoms with Crippen LogP contribution in [0.2, 0.25) is 0 Å². The van der Waals surface area contributed by atoms with Crippen molar-refractivity contribution in [1.29, 1.82) is 0 Å². The van der Waals surface area contributed by atoms with Gasteiger partial charge in [0.2, 0.25) is 0 Å². The minimum atomic E-state index is -0.297. The van der Waals surface area contributed by atoms with Gasteiger partial charge in [0.1, 0.15) is 12.4 Å². The number of hydrazine groups is 1. The molecule has 0 atom stereocenters. The number of hydrogen-bond donors (Lipinski definition) is 3. The molecule has 1 amide bonds. The molecular formula is C14H16N2O3S. The van der Waals surface area contributed by atoms with Crippen LogP contribution in [0.3, 0.4) is 0 Å². The number of nitrogen functional groups attached to an aromatic ring is 1. The molecule has 1 heterocycles. The molecule has 1 aromatic carbocycles. The van der Waals surface area contributed by atoms with Gasteiger partial charge in [-0.2, -0.15) is 0 Å². The maximum atomic E-state index is 11.3. The van der Waals surface area contributed by atoms with E-state index in [1.807, 2.05) is 30.3 Å². The maximum Gasteiger partial charge on any atom is 0.275 e. The summed E-state index contributed by atoms with van der Waals surface area (Å²) in [6, 6.07) is 11.1. The summed E-state index contributed by atoms with van der Waals surface area (Å²) >= 11 is 1.35. The van der Waals surface area contributed by atoms with Crippen molar-refractivity contribution in [3.8, 4) is 5.75 Å². The molecule has 5 nitrogen and oxygen atoms in total. The molecule has 0 aliphatic carbocycles. The van der Waals surface area contributed by atoms with Crippen molar-refractivity contribution in [3.05, 3.63) is 51.7 Å². The van der Waals surface area contributed by atoms with E-state index in [2.05, 4.69) is 5.43 Å². The highest BCUT2D eigenvalue weighted by Crippen LogP contribution is 2.19. The summed E-state index contributed by atoms with van der Waals surface area (Å²) in [5.41, 5.74) is 3.16. The number of nitrogens with one attached hydrogen (secondary N) is 1. The summed E-state index contributed by atoms with van der Waals surface area (Å²) in [5, 5.41) is 8.84. The van der Waals surface area contributed by atoms with E-state index in [1.165, 1.54) is 11.3 Å². The lowest BCUT2D eigenvalue weighted by molar-refractivity contribution is 0.0957. The zero-order chi connectivity index (χ0) is 14.4. The van der Waals surface area contributed by atoms with Gasteiger partial charge in [-0.15, -0.1) is 11.3 Å². The van der Waals surface area contributed by atoms with Crippen LogP contribution in [0.5, 0.6) is 5.75 Å². The zero-order valence-corrected chi connectivity index (χ0v) is 11.7. The Labute approximate surface area is 121 Å². The van der Waals surface area contributed by atoms with E-state index in [0.29, 0.717) is 17.9 Å². The van der Waals surface area contributed by atoms with Crippen LogP contribution in [-0.4, -0.2) is 17.6 Å². The summed E-state index contributed by atoms with van der Waals surface area (Å²) in [5.74, 6) is 5.53. The van der Waals surface area contributed by atoms with Gasteiger partial charge in [-0.3, -0.25) is 10.2 Å². The van der Waals surface area contributed by atoms with Gasteiger partial charge in [-0.05, 0) is 36.2 Å². The third-order valence-electron chi connectivity index (χ3n) is 2.72. The second-order valence-electron chi connectivity index (χ2n) is 4.15. The van der Waals surface area contributed by atoms with Crippen LogP contribution in [0.15, 0.2) is 36.4 Å². The van der Waals surface area contributed by atoms with Crippen molar-refractivity contribution in [2.75, 3.05) is 6.61 Å². The van der Waals surface area contributed by atoms with Gasteiger partial charge in [0.05, 0.1) is 4.88 Å². The van der Waals surface area contributed by atoms with Gasteiger partial charge < -0.3 is 9.84 Å². The van der Waals surface area contributed by atoms with Crippen LogP contribution < -0.4 is 16.0 Å². The topological polar surface area (TPSA) is 84.6 Å². The molecule has 0 saturated carbocycles. The van der Waals surface area contributed by atoms with Gasteiger partial charge in [-0.25, -0.2) is 5.84 Å². The first-order valence-electron chi connectivity index (χ1n) is 6.15. The van der Waals surface area contributed by atoms with E-state index in [4.69, 9.17) is 15.7 Å². The molecule has 0 fully saturated rings. The number of carbonyl (C=O) groups excluding carboxylic acids is 1. The molecule has 0 aliphatic heterocycles. The standard InChI is InChI=1S/C14H16N2O3S/c15-16-14(18)13-6-5-12(20-13)9-19-11-3-1-10(2-4-11)7-8-17/h1-6,17H,7-9,15H2,(H,16,18). The average Bonchev–Trinajstić information content (AvgIpc) is 2.95. The van der Waals surface area contributed by atoms with E-state index in [0.717, 1.165) is 16.2 Å². The maximum absolute atomic E-state index is 11.3. The first-order valence-corrected chi connectivity index (χ1v) is 6.97. The molecule has 0 saturated heterocycles. The number of carbonyl (C=O) groups is 1. The third-order valence-corrected chi connectivity index (χ3v) is 3.78. The minimum Gasteiger partial charge on any atom is -0.488 e. The molecule has 1 aromatic heterocycles. The number of thiophene rings is 1. The average molecular weight is 292 g/mol. The van der Waals surface area contributed by atoms with Crippen molar-refractivity contribution in [2.24, 2.45) is 5.84 Å². The lowest BCUT2D eigenvalue weighted by atomic mass is 10.1. The fraction of sp³-hybridized carbons (Fsp3) is 0.214. The van der Waals surface area contributed by atoms with Crippen LogP contribution in [0, 0.1) is 0 Å². The van der Waals surface area contributed by atoms with Gasteiger partial charge in [0.25, 0.3) is 5.91 Å². The Kier molecular flexibility index (Phi) is 5.11. The Bertz CT molecular complexity index is 566. The summed E-state index contributed by atoms with van der Waals surface area (Å²) in [6.07, 6.45) is 0.642. The fourth-order valence-electron chi connectivity index (χ4n) is 1.68. The predicted octanol–water partition coefficient (Wildman–Crippen LogP) is 1.47. The Balaban J connectivity index is 1.91. The first-order chi connectivity index (χ1) is 9.72. The molecule has 0 aliphatic rings. The van der Waals surface area contributed by atoms with Gasteiger partial charge in [0.15, 0.2) is 0 Å². The third kappa shape index (κ3) is 3.80. The van der Waals surface area contributed by atoms with E-state index < -0.39 is 0 Å². The molecule has 0 radical (unpaired) electrons. The molecule has 0 spiro atoms. The van der Waals surface area contributed by atoms with Crippen molar-refractivity contribution in [2.45, 2.75) is 13.0 Å². The smallest absolute Gasteiger partial charge is 0.275 e. The molecule has 20 heavy (non-hydrogen) atoms. The summed E-state index contributed by atoms with van der Waals surface area (Å²) in [6.45, 7) is 0.545. The summed E-state index contributed by atoms with van der Waals surface area (Å²) in [7, 11) is 0. The summed E-state index contributed by atoms with van der Waals surface area (Å²) < 4.78 is 5.64. The van der Waals surface area contributed by atoms with Crippen LogP contribution in [-0.2, 0) is 13.0 Å². The van der Waals surface area contributed by atoms with Crippen LogP contribution in [0.1, 0.15) is 20.1 Å². The Morgan fingerprint density at radius 2 is 2.00 bits per heavy atom. The lowest BCUT2D eigenvalue weighted by Crippen LogP contribution is -2.29. The predicted molar refractivity (Wildman–Crippen MR) is 77.5 cm³/mol. The lowest BCUT2D eigenvalue weighted by Gasteiger charge is -2.05. The molecule has 4 N–H and O–H groups in total. The number of nitrogens with two attached hydrogens (primary N) is 1. The monoisotopic (exact) mass is 292 g/mol. The normalized spacial score (nSPS) is 10.3. The molecule has 6 heteroatoms. The van der Waals surface area contributed by atoms with Gasteiger partial charge >= 0.3 is 0 Å². The molecule has 106 valence electrons. The number of ether oxygens (including phenoxy) is 1. The van der Waals surface area contributed by atoms with Crippen molar-refractivity contribution in [1.82, 2.24) is 5.43 Å². The Hall–Kier alpha value is -1.89. The van der Waals surface area contributed by atoms with Crippen LogP contribution >= 0.6 is 11.3 Å². The highest BCUT2D eigenvalue weighted by molar-refractivity contribution is 7.14. The minimum absolute atomic E-state index is 0.140. The number of benzene rings is 1. The summed E-state index contributed by atoms with van der Waals surface area (Å²) in [4.78, 5) is 12.8. The van der Waals surface area contributed by atoms with E-state index in [9.17, 15) is 4.79 Å². The first kappa shape index (κ1) is 14.5. The van der Waals surface area contributed by atoms with Crippen LogP contribution in [0.25, 0.3) is 0 Å². The second-order valence-corrected chi connectivity index (χ2v) is 5.31. The fourth-order valence-corrected chi connectivity index (χ4v) is 2.51.